The fourth-order valence-corrected chi connectivity index (χ4v) is 9.10. The normalized spacial score (nSPS) is 49.2. The molecule has 9 atom stereocenters. The predicted molar refractivity (Wildman–Crippen MR) is 121 cm³/mol. The van der Waals surface area contributed by atoms with Gasteiger partial charge in [-0.1, -0.05) is 20.8 Å². The van der Waals surface area contributed by atoms with Gasteiger partial charge in [0.25, 0.3) is 0 Å². The average molecular weight is 414 g/mol. The van der Waals surface area contributed by atoms with Crippen molar-refractivity contribution >= 4 is 5.91 Å². The van der Waals surface area contributed by atoms with Crippen molar-refractivity contribution in [2.24, 2.45) is 40.4 Å². The van der Waals surface area contributed by atoms with Gasteiger partial charge >= 0.3 is 0 Å². The first-order chi connectivity index (χ1) is 14.3. The molecule has 1 amide bonds. The highest BCUT2D eigenvalue weighted by molar-refractivity contribution is 5.77. The quantitative estimate of drug-likeness (QED) is 0.595. The lowest BCUT2D eigenvalue weighted by atomic mass is 9.45. The number of piperidine rings is 1. The molecular weight excluding hydrogens is 370 g/mol. The van der Waals surface area contributed by atoms with E-state index in [1.54, 1.807) is 0 Å². The molecule has 0 spiro atoms. The summed E-state index contributed by atoms with van der Waals surface area (Å²) in [5.74, 6) is 5.40. The van der Waals surface area contributed by atoms with Gasteiger partial charge in [0, 0.05) is 24.8 Å². The second-order valence-corrected chi connectivity index (χ2v) is 12.1. The van der Waals surface area contributed by atoms with Crippen molar-refractivity contribution in [2.75, 3.05) is 0 Å². The average Bonchev–Trinajstić information content (AvgIpc) is 3.07. The van der Waals surface area contributed by atoms with Gasteiger partial charge in [0.1, 0.15) is 0 Å². The van der Waals surface area contributed by atoms with Crippen molar-refractivity contribution in [3.63, 3.8) is 0 Å². The van der Waals surface area contributed by atoms with Crippen LogP contribution in [0, 0.1) is 40.4 Å². The van der Waals surface area contributed by atoms with E-state index in [0.717, 1.165) is 37.0 Å². The first-order valence-corrected chi connectivity index (χ1v) is 13.0. The summed E-state index contributed by atoms with van der Waals surface area (Å²) in [7, 11) is 0. The third-order valence-electron chi connectivity index (χ3n) is 10.7. The van der Waals surface area contributed by atoms with Crippen LogP contribution in [0.25, 0.3) is 0 Å². The molecule has 0 aromatic carbocycles. The number of nitrogens with one attached hydrogen (secondary N) is 1. The molecule has 4 aliphatic carbocycles. The predicted octanol–water partition coefficient (Wildman–Crippen LogP) is 6.23. The van der Waals surface area contributed by atoms with Crippen molar-refractivity contribution in [1.29, 1.82) is 0 Å². The summed E-state index contributed by atoms with van der Waals surface area (Å²) in [4.78, 5) is 12.1. The van der Waals surface area contributed by atoms with E-state index in [4.69, 9.17) is 4.74 Å². The standard InChI is InChI=1S/C27H43NO2/c1-17-16-23-27(4,15-13-24(29)28-23)22-12-14-26(3)20(10-11-21(26)25(17)22)18(2)30-19-8-6-5-7-9-19/h8,17-18,20-23,25H,5-7,9-16H2,1-4H3,(H,28,29)/t17-,18+,20?,21?,22?,23?,25?,26+,27+/m0/s1. The van der Waals surface area contributed by atoms with Crippen LogP contribution in [0.4, 0.5) is 0 Å². The van der Waals surface area contributed by atoms with Gasteiger partial charge < -0.3 is 10.1 Å². The fraction of sp³-hybridized carbons (Fsp3) is 0.889. The minimum atomic E-state index is 0.285. The molecule has 30 heavy (non-hydrogen) atoms. The van der Waals surface area contributed by atoms with Crippen molar-refractivity contribution in [1.82, 2.24) is 5.32 Å². The molecule has 1 N–H and O–H groups in total. The van der Waals surface area contributed by atoms with Gasteiger partial charge in [-0.2, -0.15) is 0 Å². The molecule has 1 saturated heterocycles. The molecule has 5 rings (SSSR count). The van der Waals surface area contributed by atoms with Gasteiger partial charge in [-0.25, -0.2) is 0 Å². The lowest BCUT2D eigenvalue weighted by Gasteiger charge is -2.62. The Morgan fingerprint density at radius 1 is 1.07 bits per heavy atom. The highest BCUT2D eigenvalue weighted by Gasteiger charge is 2.62. The number of carbonyl (C=O) groups is 1. The second-order valence-electron chi connectivity index (χ2n) is 12.1. The minimum Gasteiger partial charge on any atom is -0.495 e. The number of carbonyl (C=O) groups excluding carboxylic acids is 1. The first-order valence-electron chi connectivity index (χ1n) is 13.0. The van der Waals surface area contributed by atoms with Crippen molar-refractivity contribution in [3.8, 4) is 0 Å². The summed E-state index contributed by atoms with van der Waals surface area (Å²) in [5, 5.41) is 3.40. The van der Waals surface area contributed by atoms with Crippen LogP contribution in [0.3, 0.4) is 0 Å². The van der Waals surface area contributed by atoms with Gasteiger partial charge in [-0.05, 0) is 105 Å². The van der Waals surface area contributed by atoms with E-state index >= 15 is 0 Å². The molecule has 0 aromatic heterocycles. The summed E-state index contributed by atoms with van der Waals surface area (Å²) >= 11 is 0. The molecule has 0 aromatic rings. The number of amides is 1. The van der Waals surface area contributed by atoms with E-state index in [1.165, 1.54) is 57.1 Å². The molecule has 4 fully saturated rings. The van der Waals surface area contributed by atoms with Crippen molar-refractivity contribution < 1.29 is 9.53 Å². The first kappa shape index (κ1) is 20.9. The molecule has 1 aliphatic heterocycles. The Morgan fingerprint density at radius 3 is 2.63 bits per heavy atom. The Balaban J connectivity index is 1.36. The van der Waals surface area contributed by atoms with E-state index in [1.807, 2.05) is 0 Å². The third-order valence-corrected chi connectivity index (χ3v) is 10.7. The van der Waals surface area contributed by atoms with Crippen LogP contribution in [-0.4, -0.2) is 18.1 Å². The summed E-state index contributed by atoms with van der Waals surface area (Å²) < 4.78 is 6.58. The molecule has 5 aliphatic rings. The maximum atomic E-state index is 12.1. The number of hydrogen-bond acceptors (Lipinski definition) is 2. The molecule has 5 unspecified atom stereocenters. The summed E-state index contributed by atoms with van der Waals surface area (Å²) in [5.41, 5.74) is 0.727. The van der Waals surface area contributed by atoms with Crippen LogP contribution < -0.4 is 5.32 Å². The van der Waals surface area contributed by atoms with Crippen LogP contribution in [0.2, 0.25) is 0 Å². The minimum absolute atomic E-state index is 0.285. The Morgan fingerprint density at radius 2 is 1.87 bits per heavy atom. The number of allylic oxidation sites excluding steroid dienone is 2. The summed E-state index contributed by atoms with van der Waals surface area (Å²) in [6.07, 6.45) is 16.1. The van der Waals surface area contributed by atoms with Crippen LogP contribution in [-0.2, 0) is 9.53 Å². The van der Waals surface area contributed by atoms with Crippen LogP contribution >= 0.6 is 0 Å². The van der Waals surface area contributed by atoms with E-state index in [0.29, 0.717) is 34.8 Å². The zero-order chi connectivity index (χ0) is 21.1. The highest BCUT2D eigenvalue weighted by atomic mass is 16.5. The van der Waals surface area contributed by atoms with E-state index in [-0.39, 0.29) is 5.91 Å². The van der Waals surface area contributed by atoms with E-state index in [2.05, 4.69) is 39.1 Å². The van der Waals surface area contributed by atoms with Gasteiger partial charge in [0.2, 0.25) is 5.91 Å². The molecule has 0 radical (unpaired) electrons. The number of ether oxygens (including phenoxy) is 1. The molecule has 3 nitrogen and oxygen atoms in total. The highest BCUT2D eigenvalue weighted by Crippen LogP contribution is 2.67. The van der Waals surface area contributed by atoms with E-state index in [9.17, 15) is 4.79 Å². The fourth-order valence-electron chi connectivity index (χ4n) is 9.10. The smallest absolute Gasteiger partial charge is 0.220 e. The molecule has 3 heteroatoms. The topological polar surface area (TPSA) is 38.3 Å². The van der Waals surface area contributed by atoms with E-state index < -0.39 is 0 Å². The molecule has 0 bridgehead atoms. The molecule has 3 saturated carbocycles. The zero-order valence-corrected chi connectivity index (χ0v) is 19.7. The Hall–Kier alpha value is -0.990. The lowest BCUT2D eigenvalue weighted by molar-refractivity contribution is -0.146. The lowest BCUT2D eigenvalue weighted by Crippen LogP contribution is -2.63. The van der Waals surface area contributed by atoms with Crippen molar-refractivity contribution in [3.05, 3.63) is 11.8 Å². The monoisotopic (exact) mass is 413 g/mol. The van der Waals surface area contributed by atoms with Gasteiger partial charge in [-0.15, -0.1) is 0 Å². The SMILES string of the molecule is C[C@H]1CC2NC(=O)CC[C@]2(C)C2CC[C@@]3(C)C(CCC3[C@@H](C)OC3=CCCCC3)C21. The van der Waals surface area contributed by atoms with Gasteiger partial charge in [-0.3, -0.25) is 4.79 Å². The third kappa shape index (κ3) is 3.16. The van der Waals surface area contributed by atoms with Gasteiger partial charge in [0.15, 0.2) is 0 Å². The van der Waals surface area contributed by atoms with Gasteiger partial charge in [0.05, 0.1) is 11.9 Å². The largest absolute Gasteiger partial charge is 0.495 e. The molecule has 1 heterocycles. The second kappa shape index (κ2) is 7.55. The van der Waals surface area contributed by atoms with Crippen molar-refractivity contribution in [2.45, 2.75) is 110 Å². The number of rotatable bonds is 3. The Bertz CT molecular complexity index is 716. The Labute approximate surface area is 183 Å². The summed E-state index contributed by atoms with van der Waals surface area (Å²) in [6, 6.07) is 0.400. The van der Waals surface area contributed by atoms with Crippen LogP contribution in [0.15, 0.2) is 11.8 Å². The maximum Gasteiger partial charge on any atom is 0.220 e. The Kier molecular flexibility index (Phi) is 5.26. The van der Waals surface area contributed by atoms with Crippen LogP contribution in [0.1, 0.15) is 98.3 Å². The number of fused-ring (bicyclic) bond motifs is 5. The zero-order valence-electron chi connectivity index (χ0n) is 19.7. The molecule has 168 valence electrons. The van der Waals surface area contributed by atoms with Crippen LogP contribution in [0.5, 0.6) is 0 Å². The maximum absolute atomic E-state index is 12.1. The number of hydrogen-bond donors (Lipinski definition) is 1. The molecular formula is C27H43NO2. The summed E-state index contributed by atoms with van der Waals surface area (Å²) in [6.45, 7) is 9.98.